The van der Waals surface area contributed by atoms with Crippen LogP contribution in [-0.4, -0.2) is 81.7 Å². The van der Waals surface area contributed by atoms with Gasteiger partial charge in [-0.3, -0.25) is 19.2 Å². The number of rotatable bonds is 17. The fraction of sp³-hybridized carbons (Fsp3) is 0.542. The number of hydrogen-bond donors (Lipinski definition) is 9. The van der Waals surface area contributed by atoms with Crippen molar-refractivity contribution in [2.24, 2.45) is 17.2 Å². The lowest BCUT2D eigenvalue weighted by Gasteiger charge is -2.26. The minimum Gasteiger partial charge on any atom is -0.508 e. The fourth-order valence-corrected chi connectivity index (χ4v) is 3.46. The van der Waals surface area contributed by atoms with Gasteiger partial charge in [-0.05, 0) is 56.8 Å². The Balaban J connectivity index is 3.13. The van der Waals surface area contributed by atoms with Gasteiger partial charge in [0.2, 0.25) is 23.6 Å². The van der Waals surface area contributed by atoms with Gasteiger partial charge in [0.25, 0.3) is 0 Å². The number of aliphatic hydroxyl groups excluding tert-OH is 1. The Labute approximate surface area is 220 Å². The summed E-state index contributed by atoms with van der Waals surface area (Å²) in [6.45, 7) is 1.54. The molecule has 14 heteroatoms. The van der Waals surface area contributed by atoms with E-state index in [4.69, 9.17) is 17.2 Å². The van der Waals surface area contributed by atoms with Crippen molar-refractivity contribution in [2.75, 3.05) is 6.54 Å². The summed E-state index contributed by atoms with van der Waals surface area (Å²) in [4.78, 5) is 61.2. The first-order valence-corrected chi connectivity index (χ1v) is 12.2. The Morgan fingerprint density at radius 2 is 1.47 bits per heavy atom. The quantitative estimate of drug-likeness (QED) is 0.0947. The molecule has 0 aliphatic heterocycles. The van der Waals surface area contributed by atoms with Crippen LogP contribution in [0.1, 0.15) is 44.6 Å². The molecule has 1 rings (SSSR count). The zero-order valence-electron chi connectivity index (χ0n) is 21.3. The maximum absolute atomic E-state index is 13.2. The van der Waals surface area contributed by atoms with Gasteiger partial charge in [0.15, 0.2) is 6.04 Å². The molecule has 0 aliphatic rings. The van der Waals surface area contributed by atoms with Gasteiger partial charge in [-0.15, -0.1) is 0 Å². The zero-order chi connectivity index (χ0) is 28.8. The third-order valence-corrected chi connectivity index (χ3v) is 5.67. The minimum atomic E-state index is -1.63. The van der Waals surface area contributed by atoms with Crippen molar-refractivity contribution in [2.45, 2.75) is 75.7 Å². The molecule has 1 aromatic rings. The molecule has 4 amide bonds. The van der Waals surface area contributed by atoms with Crippen molar-refractivity contribution in [3.8, 4) is 5.75 Å². The molecule has 14 nitrogen and oxygen atoms in total. The van der Waals surface area contributed by atoms with Crippen LogP contribution in [0, 0.1) is 0 Å². The molecule has 0 fully saturated rings. The molecule has 0 aliphatic carbocycles. The van der Waals surface area contributed by atoms with Crippen molar-refractivity contribution in [1.29, 1.82) is 0 Å². The predicted molar refractivity (Wildman–Crippen MR) is 136 cm³/mol. The van der Waals surface area contributed by atoms with Crippen LogP contribution in [0.25, 0.3) is 0 Å². The maximum atomic E-state index is 13.2. The largest absolute Gasteiger partial charge is 0.508 e. The van der Waals surface area contributed by atoms with E-state index in [1.54, 1.807) is 0 Å². The summed E-state index contributed by atoms with van der Waals surface area (Å²) in [7, 11) is 0. The number of nitrogens with one attached hydrogen (secondary N) is 3. The summed E-state index contributed by atoms with van der Waals surface area (Å²) in [5, 5.41) is 35.9. The number of nitrogens with two attached hydrogens (primary N) is 3. The first kappa shape index (κ1) is 32.3. The van der Waals surface area contributed by atoms with Crippen molar-refractivity contribution in [3.63, 3.8) is 0 Å². The first-order valence-electron chi connectivity index (χ1n) is 12.2. The van der Waals surface area contributed by atoms with Crippen LogP contribution in [0.3, 0.4) is 0 Å². The van der Waals surface area contributed by atoms with E-state index in [9.17, 15) is 39.3 Å². The molecular weight excluding hydrogens is 500 g/mol. The number of primary amides is 1. The summed E-state index contributed by atoms with van der Waals surface area (Å²) in [6.07, 6.45) is -0.488. The third kappa shape index (κ3) is 11.5. The number of aliphatic hydroxyl groups is 1. The van der Waals surface area contributed by atoms with E-state index in [0.717, 1.165) is 0 Å². The lowest BCUT2D eigenvalue weighted by Crippen LogP contribution is -2.58. The van der Waals surface area contributed by atoms with Crippen LogP contribution in [0.15, 0.2) is 24.3 Å². The highest BCUT2D eigenvalue weighted by molar-refractivity contribution is 5.94. The van der Waals surface area contributed by atoms with Crippen molar-refractivity contribution in [3.05, 3.63) is 29.8 Å². The average molecular weight is 539 g/mol. The molecule has 0 heterocycles. The first-order chi connectivity index (χ1) is 17.8. The standard InChI is InChI=1S/C24H38N6O8/c1-13(31)20(24(37)38)30-23(36)18(12-14-5-7-15(32)8-6-14)29-22(35)17(4-2-3-11-25)28-21(34)16(26)9-10-19(27)33/h5-8,13,16-18,20,31-32H,2-4,9-12,25-26H2,1H3,(H2,27,33)(H,28,34)(H,29,35)(H,30,36)(H,37,38). The number of carbonyl (C=O) groups excluding carboxylic acids is 4. The van der Waals surface area contributed by atoms with Crippen molar-refractivity contribution in [1.82, 2.24) is 16.0 Å². The van der Waals surface area contributed by atoms with E-state index in [-0.39, 0.29) is 31.4 Å². The molecule has 0 spiro atoms. The number of aliphatic carboxylic acids is 1. The number of amides is 4. The van der Waals surface area contributed by atoms with Gasteiger partial charge >= 0.3 is 5.97 Å². The number of carboxylic acid groups (broad SMARTS) is 1. The van der Waals surface area contributed by atoms with Gasteiger partial charge in [0.1, 0.15) is 17.8 Å². The molecule has 212 valence electrons. The van der Waals surface area contributed by atoms with Gasteiger partial charge < -0.3 is 48.5 Å². The average Bonchev–Trinajstić information content (AvgIpc) is 2.85. The molecule has 5 atom stereocenters. The lowest BCUT2D eigenvalue weighted by molar-refractivity contribution is -0.145. The highest BCUT2D eigenvalue weighted by atomic mass is 16.4. The summed E-state index contributed by atoms with van der Waals surface area (Å²) < 4.78 is 0. The summed E-state index contributed by atoms with van der Waals surface area (Å²) in [5.74, 6) is -4.44. The van der Waals surface area contributed by atoms with Gasteiger partial charge in [-0.2, -0.15) is 0 Å². The lowest BCUT2D eigenvalue weighted by atomic mass is 10.0. The Bertz CT molecular complexity index is 956. The number of phenols is 1. The van der Waals surface area contributed by atoms with Gasteiger partial charge in [-0.1, -0.05) is 12.1 Å². The fourth-order valence-electron chi connectivity index (χ4n) is 3.46. The molecule has 0 radical (unpaired) electrons. The highest BCUT2D eigenvalue weighted by Gasteiger charge is 2.32. The second kappa shape index (κ2) is 16.2. The summed E-state index contributed by atoms with van der Waals surface area (Å²) in [5.41, 5.74) is 17.0. The molecule has 0 aromatic heterocycles. The minimum absolute atomic E-state index is 0.0193. The Hall–Kier alpha value is -3.75. The molecule has 0 bridgehead atoms. The number of unbranched alkanes of at least 4 members (excludes halogenated alkanes) is 1. The van der Waals surface area contributed by atoms with Crippen molar-refractivity contribution >= 4 is 29.6 Å². The SMILES string of the molecule is CC(O)C(NC(=O)C(Cc1ccc(O)cc1)NC(=O)C(CCCCN)NC(=O)C(N)CCC(N)=O)C(=O)O. The molecule has 12 N–H and O–H groups in total. The van der Waals surface area contributed by atoms with Gasteiger partial charge in [0, 0.05) is 12.8 Å². The molecule has 0 saturated heterocycles. The van der Waals surface area contributed by atoms with Crippen LogP contribution in [0.5, 0.6) is 5.75 Å². The molecule has 0 saturated carbocycles. The smallest absolute Gasteiger partial charge is 0.328 e. The number of carboxylic acids is 1. The van der Waals surface area contributed by atoms with Crippen LogP contribution < -0.4 is 33.2 Å². The van der Waals surface area contributed by atoms with Crippen LogP contribution in [0.2, 0.25) is 0 Å². The van der Waals surface area contributed by atoms with E-state index in [1.165, 1.54) is 31.2 Å². The van der Waals surface area contributed by atoms with Gasteiger partial charge in [0.05, 0.1) is 12.1 Å². The predicted octanol–water partition coefficient (Wildman–Crippen LogP) is -2.42. The third-order valence-electron chi connectivity index (χ3n) is 5.67. The van der Waals surface area contributed by atoms with E-state index >= 15 is 0 Å². The number of carbonyl (C=O) groups is 5. The maximum Gasteiger partial charge on any atom is 0.328 e. The Morgan fingerprint density at radius 1 is 0.895 bits per heavy atom. The molecular formula is C24H38N6O8. The topological polar surface area (TPSA) is 260 Å². The van der Waals surface area contributed by atoms with Gasteiger partial charge in [-0.25, -0.2) is 4.79 Å². The summed E-state index contributed by atoms with van der Waals surface area (Å²) >= 11 is 0. The zero-order valence-corrected chi connectivity index (χ0v) is 21.3. The Kier molecular flexibility index (Phi) is 13.7. The second-order valence-corrected chi connectivity index (χ2v) is 8.95. The van der Waals surface area contributed by atoms with E-state index in [2.05, 4.69) is 16.0 Å². The van der Waals surface area contributed by atoms with E-state index in [1.807, 2.05) is 0 Å². The van der Waals surface area contributed by atoms with Crippen LogP contribution in [0.4, 0.5) is 0 Å². The van der Waals surface area contributed by atoms with Crippen LogP contribution in [-0.2, 0) is 30.4 Å². The molecule has 5 unspecified atom stereocenters. The van der Waals surface area contributed by atoms with Crippen molar-refractivity contribution < 1.29 is 39.3 Å². The normalized spacial score (nSPS) is 14.8. The van der Waals surface area contributed by atoms with Crippen LogP contribution >= 0.6 is 0 Å². The molecule has 38 heavy (non-hydrogen) atoms. The van der Waals surface area contributed by atoms with E-state index in [0.29, 0.717) is 24.9 Å². The Morgan fingerprint density at radius 3 is 2.00 bits per heavy atom. The number of hydrogen-bond acceptors (Lipinski definition) is 9. The number of phenolic OH excluding ortho intramolecular Hbond substituents is 1. The monoisotopic (exact) mass is 538 g/mol. The summed E-state index contributed by atoms with van der Waals surface area (Å²) in [6, 6.07) is 0.639. The number of aromatic hydroxyl groups is 1. The molecule has 1 aromatic carbocycles. The van der Waals surface area contributed by atoms with E-state index < -0.39 is 59.9 Å². The highest BCUT2D eigenvalue weighted by Crippen LogP contribution is 2.12. The second-order valence-electron chi connectivity index (χ2n) is 8.95. The number of benzene rings is 1.